The maximum absolute atomic E-state index is 11.4. The second-order valence-electron chi connectivity index (χ2n) is 11.1. The Morgan fingerprint density at radius 1 is 0.933 bits per heavy atom. The molecule has 3 atom stereocenters. The first-order valence-electron chi connectivity index (χ1n) is 11.2. The standard InChI is InChI=1S/C27H39NO2/c1-17(2)28-18(3)24(19-13-11-10-12-14-19)30-25(28)21-15-20(26(4,5)6)16-22(23(21)29)27(7,8)9/h10-18,24-25,29H,1-9H3/t18-,24-,25-/m0/s1. The van der Waals surface area contributed by atoms with Crippen LogP contribution in [-0.2, 0) is 15.6 Å². The van der Waals surface area contributed by atoms with E-state index in [1.165, 1.54) is 11.1 Å². The zero-order valence-electron chi connectivity index (χ0n) is 20.2. The van der Waals surface area contributed by atoms with Crippen LogP contribution in [0.1, 0.15) is 96.9 Å². The number of phenols is 1. The maximum atomic E-state index is 11.4. The average molecular weight is 410 g/mol. The van der Waals surface area contributed by atoms with Crippen LogP contribution in [0.15, 0.2) is 42.5 Å². The van der Waals surface area contributed by atoms with Crippen LogP contribution in [-0.4, -0.2) is 22.1 Å². The summed E-state index contributed by atoms with van der Waals surface area (Å²) in [5.41, 5.74) is 4.09. The molecule has 1 N–H and O–H groups in total. The number of hydrogen-bond donors (Lipinski definition) is 1. The summed E-state index contributed by atoms with van der Waals surface area (Å²) in [6.45, 7) is 19.8. The molecule has 0 amide bonds. The Morgan fingerprint density at radius 3 is 2.03 bits per heavy atom. The molecular formula is C27H39NO2. The molecule has 3 nitrogen and oxygen atoms in total. The molecule has 1 fully saturated rings. The van der Waals surface area contributed by atoms with Crippen molar-refractivity contribution in [3.8, 4) is 5.75 Å². The van der Waals surface area contributed by atoms with E-state index in [1.54, 1.807) is 0 Å². The van der Waals surface area contributed by atoms with Gasteiger partial charge < -0.3 is 9.84 Å². The Hall–Kier alpha value is -1.84. The molecule has 0 saturated carbocycles. The van der Waals surface area contributed by atoms with Gasteiger partial charge in [0.05, 0.1) is 0 Å². The van der Waals surface area contributed by atoms with E-state index in [-0.39, 0.29) is 35.2 Å². The fourth-order valence-electron chi connectivity index (χ4n) is 4.52. The highest BCUT2D eigenvalue weighted by atomic mass is 16.5. The van der Waals surface area contributed by atoms with E-state index in [2.05, 4.69) is 104 Å². The van der Waals surface area contributed by atoms with E-state index in [0.29, 0.717) is 5.75 Å². The number of aromatic hydroxyl groups is 1. The highest BCUT2D eigenvalue weighted by molar-refractivity contribution is 5.50. The summed E-state index contributed by atoms with van der Waals surface area (Å²) in [4.78, 5) is 2.39. The highest BCUT2D eigenvalue weighted by Gasteiger charge is 2.44. The molecular weight excluding hydrogens is 370 g/mol. The van der Waals surface area contributed by atoms with Gasteiger partial charge in [-0.05, 0) is 54.4 Å². The first-order valence-corrected chi connectivity index (χ1v) is 11.2. The topological polar surface area (TPSA) is 32.7 Å². The van der Waals surface area contributed by atoms with E-state index < -0.39 is 0 Å². The monoisotopic (exact) mass is 409 g/mol. The highest BCUT2D eigenvalue weighted by Crippen LogP contribution is 2.48. The molecule has 1 aliphatic rings. The number of nitrogens with zero attached hydrogens (tertiary/aromatic N) is 1. The Bertz CT molecular complexity index is 874. The quantitative estimate of drug-likeness (QED) is 0.601. The number of rotatable bonds is 3. The summed E-state index contributed by atoms with van der Waals surface area (Å²) in [6.07, 6.45) is -0.317. The van der Waals surface area contributed by atoms with E-state index in [0.717, 1.165) is 11.1 Å². The molecule has 0 bridgehead atoms. The Balaban J connectivity index is 2.17. The summed E-state index contributed by atoms with van der Waals surface area (Å²) in [6, 6.07) is 15.2. The van der Waals surface area contributed by atoms with Gasteiger partial charge in [0.25, 0.3) is 0 Å². The van der Waals surface area contributed by atoms with E-state index >= 15 is 0 Å². The minimum Gasteiger partial charge on any atom is -0.507 e. The second kappa shape index (κ2) is 8.01. The van der Waals surface area contributed by atoms with Crippen molar-refractivity contribution in [3.63, 3.8) is 0 Å². The summed E-state index contributed by atoms with van der Waals surface area (Å²) in [5, 5.41) is 11.4. The van der Waals surface area contributed by atoms with Crippen LogP contribution in [0.5, 0.6) is 5.75 Å². The molecule has 0 unspecified atom stereocenters. The van der Waals surface area contributed by atoms with Crippen molar-refractivity contribution in [3.05, 3.63) is 64.7 Å². The number of hydrogen-bond acceptors (Lipinski definition) is 3. The Labute approximate surface area is 183 Å². The molecule has 2 aromatic rings. The molecule has 1 heterocycles. The lowest BCUT2D eigenvalue weighted by atomic mass is 9.78. The molecule has 0 aromatic heterocycles. The van der Waals surface area contributed by atoms with Gasteiger partial charge in [0, 0.05) is 17.6 Å². The molecule has 0 aliphatic carbocycles. The lowest BCUT2D eigenvalue weighted by molar-refractivity contribution is -0.0140. The molecule has 3 rings (SSSR count). The first-order chi connectivity index (χ1) is 13.8. The first kappa shape index (κ1) is 22.8. The number of ether oxygens (including phenoxy) is 1. The summed E-state index contributed by atoms with van der Waals surface area (Å²) in [7, 11) is 0. The van der Waals surface area contributed by atoms with Gasteiger partial charge in [-0.3, -0.25) is 4.90 Å². The third kappa shape index (κ3) is 4.29. The summed E-state index contributed by atoms with van der Waals surface area (Å²) in [5.74, 6) is 0.368. The summed E-state index contributed by atoms with van der Waals surface area (Å²) < 4.78 is 6.70. The second-order valence-corrected chi connectivity index (χ2v) is 11.1. The molecule has 2 aromatic carbocycles. The maximum Gasteiger partial charge on any atom is 0.141 e. The van der Waals surface area contributed by atoms with Crippen LogP contribution in [0, 0.1) is 0 Å². The van der Waals surface area contributed by atoms with Crippen molar-refractivity contribution < 1.29 is 9.84 Å². The van der Waals surface area contributed by atoms with Crippen molar-refractivity contribution in [2.75, 3.05) is 0 Å². The smallest absolute Gasteiger partial charge is 0.141 e. The normalized spacial score (nSPS) is 23.3. The lowest BCUT2D eigenvalue weighted by Crippen LogP contribution is -2.37. The van der Waals surface area contributed by atoms with Crippen molar-refractivity contribution >= 4 is 0 Å². The summed E-state index contributed by atoms with van der Waals surface area (Å²) >= 11 is 0. The van der Waals surface area contributed by atoms with Crippen LogP contribution in [0.4, 0.5) is 0 Å². The molecule has 0 spiro atoms. The molecule has 30 heavy (non-hydrogen) atoms. The predicted octanol–water partition coefficient (Wildman–Crippen LogP) is 6.86. The number of benzene rings is 2. The minimum absolute atomic E-state index is 0.0197. The van der Waals surface area contributed by atoms with Crippen LogP contribution in [0.25, 0.3) is 0 Å². The third-order valence-electron chi connectivity index (χ3n) is 6.26. The SMILES string of the molecule is CC(C)N1[C@H](c2cc(C(C)(C)C)cc(C(C)(C)C)c2O)O[C@H](c2ccccc2)[C@@H]1C. The van der Waals surface area contributed by atoms with Gasteiger partial charge in [-0.25, -0.2) is 0 Å². The predicted molar refractivity (Wildman–Crippen MR) is 125 cm³/mol. The molecule has 3 heteroatoms. The van der Waals surface area contributed by atoms with Crippen LogP contribution in [0.3, 0.4) is 0 Å². The van der Waals surface area contributed by atoms with E-state index in [9.17, 15) is 5.11 Å². The zero-order valence-corrected chi connectivity index (χ0v) is 20.2. The fourth-order valence-corrected chi connectivity index (χ4v) is 4.52. The number of phenolic OH excluding ortho intramolecular Hbond substituents is 1. The van der Waals surface area contributed by atoms with Gasteiger partial charge in [0.15, 0.2) is 0 Å². The largest absolute Gasteiger partial charge is 0.507 e. The minimum atomic E-state index is -0.284. The van der Waals surface area contributed by atoms with Gasteiger partial charge in [-0.1, -0.05) is 77.9 Å². The zero-order chi connectivity index (χ0) is 22.4. The van der Waals surface area contributed by atoms with Crippen molar-refractivity contribution in [2.24, 2.45) is 0 Å². The van der Waals surface area contributed by atoms with Crippen molar-refractivity contribution in [2.45, 2.75) is 97.6 Å². The van der Waals surface area contributed by atoms with E-state index in [1.807, 2.05) is 6.07 Å². The molecule has 1 aliphatic heterocycles. The molecule has 164 valence electrons. The lowest BCUT2D eigenvalue weighted by Gasteiger charge is -2.33. The molecule has 1 saturated heterocycles. The van der Waals surface area contributed by atoms with Crippen molar-refractivity contribution in [1.29, 1.82) is 0 Å². The van der Waals surface area contributed by atoms with Crippen molar-refractivity contribution in [1.82, 2.24) is 4.90 Å². The Morgan fingerprint density at radius 2 is 1.53 bits per heavy atom. The van der Waals surface area contributed by atoms with Crippen LogP contribution >= 0.6 is 0 Å². The third-order valence-corrected chi connectivity index (χ3v) is 6.26. The average Bonchev–Trinajstić information content (AvgIpc) is 2.98. The van der Waals surface area contributed by atoms with Gasteiger partial charge in [0.2, 0.25) is 0 Å². The van der Waals surface area contributed by atoms with Crippen LogP contribution < -0.4 is 0 Å². The van der Waals surface area contributed by atoms with Crippen LogP contribution in [0.2, 0.25) is 0 Å². The van der Waals surface area contributed by atoms with E-state index in [4.69, 9.17) is 4.74 Å². The van der Waals surface area contributed by atoms with Gasteiger partial charge >= 0.3 is 0 Å². The van der Waals surface area contributed by atoms with Gasteiger partial charge in [0.1, 0.15) is 18.1 Å². The fraction of sp³-hybridized carbons (Fsp3) is 0.556. The molecule has 0 radical (unpaired) electrons. The van der Waals surface area contributed by atoms with Gasteiger partial charge in [-0.2, -0.15) is 0 Å². The Kier molecular flexibility index (Phi) is 6.10. The van der Waals surface area contributed by atoms with Gasteiger partial charge in [-0.15, -0.1) is 0 Å².